The summed E-state index contributed by atoms with van der Waals surface area (Å²) in [4.78, 5) is 14.3. The van der Waals surface area contributed by atoms with Crippen molar-refractivity contribution in [2.45, 2.75) is 45.3 Å². The third-order valence-corrected chi connectivity index (χ3v) is 8.13. The van der Waals surface area contributed by atoms with E-state index in [1.807, 2.05) is 31.2 Å². The largest absolute Gasteiger partial charge is 0.492 e. The second kappa shape index (κ2) is 10.2. The summed E-state index contributed by atoms with van der Waals surface area (Å²) in [6.07, 6.45) is 0. The number of hydrogen-bond donors (Lipinski definition) is 0. The normalized spacial score (nSPS) is 14.1. The Bertz CT molecular complexity index is 1340. The fraction of sp³-hybridized carbons (Fsp3) is 0.296. The van der Waals surface area contributed by atoms with E-state index in [0.717, 1.165) is 22.3 Å². The molecule has 0 saturated carbocycles. The van der Waals surface area contributed by atoms with Crippen molar-refractivity contribution in [3.63, 3.8) is 0 Å². The highest BCUT2D eigenvalue weighted by Gasteiger charge is 2.29. The lowest BCUT2D eigenvalue weighted by molar-refractivity contribution is -0.130. The minimum atomic E-state index is -3.71. The molecule has 3 aromatic carbocycles. The number of amides is 1. The number of carbonyl (C=O) groups is 1. The van der Waals surface area contributed by atoms with Crippen LogP contribution in [-0.2, 0) is 34.5 Å². The van der Waals surface area contributed by atoms with E-state index in [2.05, 4.69) is 0 Å². The van der Waals surface area contributed by atoms with Gasteiger partial charge in [-0.1, -0.05) is 35.9 Å². The summed E-state index contributed by atoms with van der Waals surface area (Å²) >= 11 is 0. The number of aryl methyl sites for hydroxylation is 2. The molecule has 184 valence electrons. The van der Waals surface area contributed by atoms with Crippen LogP contribution in [0.4, 0.5) is 4.39 Å². The maximum atomic E-state index is 13.5. The minimum Gasteiger partial charge on any atom is -0.492 e. The third-order valence-electron chi connectivity index (χ3n) is 6.12. The van der Waals surface area contributed by atoms with Crippen molar-refractivity contribution in [2.24, 2.45) is 0 Å². The van der Waals surface area contributed by atoms with Crippen molar-refractivity contribution in [1.82, 2.24) is 9.21 Å². The van der Waals surface area contributed by atoms with Gasteiger partial charge in [0, 0.05) is 38.7 Å². The second-order valence-electron chi connectivity index (χ2n) is 8.90. The van der Waals surface area contributed by atoms with E-state index >= 15 is 0 Å². The van der Waals surface area contributed by atoms with Gasteiger partial charge < -0.3 is 9.64 Å². The molecule has 8 heteroatoms. The smallest absolute Gasteiger partial charge is 0.243 e. The van der Waals surface area contributed by atoms with Crippen LogP contribution in [0.3, 0.4) is 0 Å². The molecule has 0 atom stereocenters. The number of hydrogen-bond acceptors (Lipinski definition) is 4. The summed E-state index contributed by atoms with van der Waals surface area (Å²) in [6.45, 7) is 6.58. The minimum absolute atomic E-state index is 0.112. The van der Waals surface area contributed by atoms with Gasteiger partial charge in [0.1, 0.15) is 18.2 Å². The molecule has 0 aromatic heterocycles. The predicted molar refractivity (Wildman–Crippen MR) is 132 cm³/mol. The Hall–Kier alpha value is -3.23. The zero-order valence-electron chi connectivity index (χ0n) is 20.1. The van der Waals surface area contributed by atoms with Crippen molar-refractivity contribution in [3.8, 4) is 5.75 Å². The van der Waals surface area contributed by atoms with Gasteiger partial charge in [-0.15, -0.1) is 0 Å². The summed E-state index contributed by atoms with van der Waals surface area (Å²) in [5.74, 6) is 0.203. The maximum Gasteiger partial charge on any atom is 0.243 e. The van der Waals surface area contributed by atoms with Crippen LogP contribution in [0.15, 0.2) is 65.6 Å². The van der Waals surface area contributed by atoms with E-state index in [-0.39, 0.29) is 31.4 Å². The van der Waals surface area contributed by atoms with E-state index in [0.29, 0.717) is 29.3 Å². The van der Waals surface area contributed by atoms with Crippen molar-refractivity contribution in [3.05, 3.63) is 94.3 Å². The van der Waals surface area contributed by atoms with E-state index < -0.39 is 10.0 Å². The number of sulfonamides is 1. The van der Waals surface area contributed by atoms with Gasteiger partial charge in [0.25, 0.3) is 0 Å². The molecule has 0 N–H and O–H groups in total. The highest BCUT2D eigenvalue weighted by Crippen LogP contribution is 2.29. The first kappa shape index (κ1) is 24.9. The molecule has 6 nitrogen and oxygen atoms in total. The standard InChI is InChI=1S/C27H29FN2O4S/c1-19-4-11-27(20(2)14-19)35(32,33)30-12-13-34-26-10-7-23(15-24(26)18-30)17-29(21(3)31)16-22-5-8-25(28)9-6-22/h4-11,14-15H,12-13,16-18H2,1-3H3. The highest BCUT2D eigenvalue weighted by molar-refractivity contribution is 7.89. The van der Waals surface area contributed by atoms with E-state index in [9.17, 15) is 17.6 Å². The first-order valence-electron chi connectivity index (χ1n) is 11.5. The average molecular weight is 497 g/mol. The van der Waals surface area contributed by atoms with Gasteiger partial charge in [0.2, 0.25) is 15.9 Å². The monoisotopic (exact) mass is 496 g/mol. The summed E-state index contributed by atoms with van der Waals surface area (Å²) in [7, 11) is -3.71. The Morgan fingerprint density at radius 3 is 2.37 bits per heavy atom. The van der Waals surface area contributed by atoms with Gasteiger partial charge in [-0.25, -0.2) is 12.8 Å². The number of halogens is 1. The summed E-state index contributed by atoms with van der Waals surface area (Å²) < 4.78 is 47.4. The summed E-state index contributed by atoms with van der Waals surface area (Å²) in [6, 6.07) is 17.0. The lowest BCUT2D eigenvalue weighted by Gasteiger charge is -2.23. The van der Waals surface area contributed by atoms with Crippen LogP contribution in [0.5, 0.6) is 5.75 Å². The molecular weight excluding hydrogens is 467 g/mol. The Kier molecular flexibility index (Phi) is 7.23. The van der Waals surface area contributed by atoms with Crippen LogP contribution in [0, 0.1) is 19.7 Å². The molecule has 1 heterocycles. The molecule has 0 radical (unpaired) electrons. The van der Waals surface area contributed by atoms with E-state index in [1.54, 1.807) is 36.1 Å². The fourth-order valence-corrected chi connectivity index (χ4v) is 5.87. The van der Waals surface area contributed by atoms with Crippen LogP contribution in [0.25, 0.3) is 0 Å². The van der Waals surface area contributed by atoms with Gasteiger partial charge in [-0.2, -0.15) is 4.31 Å². The Morgan fingerprint density at radius 1 is 1.00 bits per heavy atom. The van der Waals surface area contributed by atoms with Gasteiger partial charge in [0.15, 0.2) is 0 Å². The van der Waals surface area contributed by atoms with Crippen molar-refractivity contribution in [2.75, 3.05) is 13.2 Å². The van der Waals surface area contributed by atoms with Gasteiger partial charge >= 0.3 is 0 Å². The lowest BCUT2D eigenvalue weighted by Crippen LogP contribution is -2.33. The molecule has 3 aromatic rings. The molecule has 0 aliphatic carbocycles. The Morgan fingerprint density at radius 2 is 1.69 bits per heavy atom. The van der Waals surface area contributed by atoms with Crippen molar-refractivity contribution >= 4 is 15.9 Å². The Balaban J connectivity index is 1.57. The predicted octanol–water partition coefficient (Wildman–Crippen LogP) is 4.57. The summed E-state index contributed by atoms with van der Waals surface area (Å²) in [5.41, 5.74) is 4.15. The second-order valence-corrected chi connectivity index (χ2v) is 10.8. The zero-order valence-corrected chi connectivity index (χ0v) is 20.9. The SMILES string of the molecule is CC(=O)N(Cc1ccc(F)cc1)Cc1ccc2c(c1)CN(S(=O)(=O)c1ccc(C)cc1C)CCO2. The maximum absolute atomic E-state index is 13.5. The van der Waals surface area contributed by atoms with E-state index in [1.165, 1.54) is 23.4 Å². The van der Waals surface area contributed by atoms with Crippen LogP contribution in [0.2, 0.25) is 0 Å². The Labute approximate surface area is 206 Å². The average Bonchev–Trinajstić information content (AvgIpc) is 3.02. The molecule has 0 fully saturated rings. The molecule has 1 aliphatic heterocycles. The number of carbonyl (C=O) groups excluding carboxylic acids is 1. The highest BCUT2D eigenvalue weighted by atomic mass is 32.2. The molecule has 4 rings (SSSR count). The molecule has 0 saturated heterocycles. The molecular formula is C27H29FN2O4S. The number of nitrogens with zero attached hydrogens (tertiary/aromatic N) is 2. The molecule has 35 heavy (non-hydrogen) atoms. The molecule has 1 aliphatic rings. The van der Waals surface area contributed by atoms with Crippen molar-refractivity contribution < 1.29 is 22.3 Å². The first-order valence-corrected chi connectivity index (χ1v) is 12.9. The van der Waals surface area contributed by atoms with Crippen LogP contribution >= 0.6 is 0 Å². The van der Waals surface area contributed by atoms with Crippen molar-refractivity contribution in [1.29, 1.82) is 0 Å². The zero-order chi connectivity index (χ0) is 25.2. The molecule has 0 bridgehead atoms. The van der Waals surface area contributed by atoms with Crippen LogP contribution in [-0.4, -0.2) is 36.7 Å². The first-order chi connectivity index (χ1) is 16.6. The van der Waals surface area contributed by atoms with Crippen LogP contribution < -0.4 is 4.74 Å². The van der Waals surface area contributed by atoms with Gasteiger partial charge in [-0.3, -0.25) is 4.79 Å². The molecule has 0 unspecified atom stereocenters. The topological polar surface area (TPSA) is 66.9 Å². The molecule has 1 amide bonds. The number of ether oxygens (including phenoxy) is 1. The number of benzene rings is 3. The van der Waals surface area contributed by atoms with Crippen LogP contribution in [0.1, 0.15) is 34.7 Å². The summed E-state index contributed by atoms with van der Waals surface area (Å²) in [5, 5.41) is 0. The third kappa shape index (κ3) is 5.71. The van der Waals surface area contributed by atoms with Gasteiger partial charge in [0.05, 0.1) is 4.90 Å². The quantitative estimate of drug-likeness (QED) is 0.501. The number of rotatable bonds is 6. The lowest BCUT2D eigenvalue weighted by atomic mass is 10.1. The molecule has 0 spiro atoms. The number of fused-ring (bicyclic) bond motifs is 1. The fourth-order valence-electron chi connectivity index (χ4n) is 4.26. The van der Waals surface area contributed by atoms with E-state index in [4.69, 9.17) is 4.74 Å². The van der Waals surface area contributed by atoms with Gasteiger partial charge in [-0.05, 0) is 60.9 Å².